The first kappa shape index (κ1) is 15.8. The van der Waals surface area contributed by atoms with Gasteiger partial charge in [0.05, 0.1) is 24.1 Å². The number of amides is 1. The summed E-state index contributed by atoms with van der Waals surface area (Å²) in [5.74, 6) is -1.78. The maximum atomic E-state index is 12.8. The molecular formula is C10H9F4N3O3. The van der Waals surface area contributed by atoms with Gasteiger partial charge in [-0.15, -0.1) is 0 Å². The SMILES string of the molecule is O=C(CNCC(F)(F)F)Nc1ccc(F)cc1[N+](=O)[O-]. The van der Waals surface area contributed by atoms with E-state index in [1.807, 2.05) is 10.6 Å². The molecule has 0 unspecified atom stereocenters. The quantitative estimate of drug-likeness (QED) is 0.493. The van der Waals surface area contributed by atoms with Crippen LogP contribution in [0.3, 0.4) is 0 Å². The lowest BCUT2D eigenvalue weighted by molar-refractivity contribution is -0.384. The number of nitro benzene ring substituents is 1. The third kappa shape index (κ3) is 5.18. The number of hydrogen-bond donors (Lipinski definition) is 2. The highest BCUT2D eigenvalue weighted by molar-refractivity contribution is 5.94. The van der Waals surface area contributed by atoms with Crippen LogP contribution in [0.2, 0.25) is 0 Å². The summed E-state index contributed by atoms with van der Waals surface area (Å²) < 4.78 is 48.3. The number of benzene rings is 1. The van der Waals surface area contributed by atoms with Crippen molar-refractivity contribution in [3.8, 4) is 0 Å². The van der Waals surface area contributed by atoms with E-state index in [1.54, 1.807) is 0 Å². The molecule has 10 heteroatoms. The van der Waals surface area contributed by atoms with Crippen LogP contribution in [-0.4, -0.2) is 30.1 Å². The Morgan fingerprint density at radius 1 is 1.35 bits per heavy atom. The highest BCUT2D eigenvalue weighted by Crippen LogP contribution is 2.24. The first-order chi connectivity index (χ1) is 9.19. The Morgan fingerprint density at radius 3 is 2.55 bits per heavy atom. The van der Waals surface area contributed by atoms with Crippen molar-refractivity contribution in [1.29, 1.82) is 0 Å². The summed E-state index contributed by atoms with van der Waals surface area (Å²) in [5, 5.41) is 14.5. The molecule has 0 fully saturated rings. The number of rotatable bonds is 5. The summed E-state index contributed by atoms with van der Waals surface area (Å²) in [6, 6.07) is 2.43. The minimum atomic E-state index is -4.47. The molecule has 6 nitrogen and oxygen atoms in total. The van der Waals surface area contributed by atoms with Gasteiger partial charge in [-0.2, -0.15) is 13.2 Å². The molecule has 0 radical (unpaired) electrons. The van der Waals surface area contributed by atoms with Crippen molar-refractivity contribution in [3.05, 3.63) is 34.1 Å². The van der Waals surface area contributed by atoms with Crippen LogP contribution in [0, 0.1) is 15.9 Å². The van der Waals surface area contributed by atoms with Crippen LogP contribution in [0.5, 0.6) is 0 Å². The molecule has 20 heavy (non-hydrogen) atoms. The molecule has 0 heterocycles. The normalized spacial score (nSPS) is 11.2. The number of hydrogen-bond acceptors (Lipinski definition) is 4. The van der Waals surface area contributed by atoms with Crippen molar-refractivity contribution < 1.29 is 27.3 Å². The van der Waals surface area contributed by atoms with Gasteiger partial charge in [0.15, 0.2) is 0 Å². The standard InChI is InChI=1S/C10H9F4N3O3/c11-6-1-2-7(8(3-6)17(19)20)16-9(18)4-15-5-10(12,13)14/h1-3,15H,4-5H2,(H,16,18). The van der Waals surface area contributed by atoms with Gasteiger partial charge in [-0.1, -0.05) is 0 Å². The average Bonchev–Trinajstić information content (AvgIpc) is 2.29. The maximum Gasteiger partial charge on any atom is 0.401 e. The summed E-state index contributed by atoms with van der Waals surface area (Å²) >= 11 is 0. The first-order valence-electron chi connectivity index (χ1n) is 5.20. The zero-order chi connectivity index (χ0) is 15.3. The van der Waals surface area contributed by atoms with Crippen molar-refractivity contribution in [2.45, 2.75) is 6.18 Å². The molecule has 110 valence electrons. The number of carbonyl (C=O) groups excluding carboxylic acids is 1. The molecule has 1 aromatic rings. The van der Waals surface area contributed by atoms with Crippen LogP contribution in [0.15, 0.2) is 18.2 Å². The number of nitrogens with one attached hydrogen (secondary N) is 2. The van der Waals surface area contributed by atoms with Crippen LogP contribution < -0.4 is 10.6 Å². The fourth-order valence-electron chi connectivity index (χ4n) is 1.27. The lowest BCUT2D eigenvalue weighted by atomic mass is 10.2. The van der Waals surface area contributed by atoms with E-state index in [1.165, 1.54) is 0 Å². The Bertz CT molecular complexity index is 519. The lowest BCUT2D eigenvalue weighted by Crippen LogP contribution is -2.35. The van der Waals surface area contributed by atoms with Crippen LogP contribution in [0.25, 0.3) is 0 Å². The van der Waals surface area contributed by atoms with Gasteiger partial charge < -0.3 is 10.6 Å². The molecule has 0 spiro atoms. The summed E-state index contributed by atoms with van der Waals surface area (Å²) in [5.41, 5.74) is -0.982. The van der Waals surface area contributed by atoms with E-state index in [4.69, 9.17) is 0 Å². The Labute approximate surface area is 109 Å². The van der Waals surface area contributed by atoms with E-state index in [0.29, 0.717) is 6.07 Å². The van der Waals surface area contributed by atoms with E-state index in [2.05, 4.69) is 0 Å². The molecular weight excluding hydrogens is 286 g/mol. The topological polar surface area (TPSA) is 84.3 Å². The minimum Gasteiger partial charge on any atom is -0.319 e. The fraction of sp³-hybridized carbons (Fsp3) is 0.300. The molecule has 0 atom stereocenters. The molecule has 0 aliphatic heterocycles. The number of anilines is 1. The highest BCUT2D eigenvalue weighted by atomic mass is 19.4. The van der Waals surface area contributed by atoms with Crippen molar-refractivity contribution in [3.63, 3.8) is 0 Å². The highest BCUT2D eigenvalue weighted by Gasteiger charge is 2.26. The zero-order valence-corrected chi connectivity index (χ0v) is 9.83. The van der Waals surface area contributed by atoms with Crippen LogP contribution in [-0.2, 0) is 4.79 Å². The molecule has 0 aromatic heterocycles. The second kappa shape index (κ2) is 6.28. The van der Waals surface area contributed by atoms with Crippen molar-refractivity contribution in [2.75, 3.05) is 18.4 Å². The minimum absolute atomic E-state index is 0.296. The number of carbonyl (C=O) groups is 1. The smallest absolute Gasteiger partial charge is 0.319 e. The van der Waals surface area contributed by atoms with Gasteiger partial charge in [-0.05, 0) is 12.1 Å². The lowest BCUT2D eigenvalue weighted by Gasteiger charge is -2.09. The monoisotopic (exact) mass is 295 g/mol. The van der Waals surface area contributed by atoms with Gasteiger partial charge in [-0.3, -0.25) is 14.9 Å². The van der Waals surface area contributed by atoms with Crippen LogP contribution >= 0.6 is 0 Å². The van der Waals surface area contributed by atoms with E-state index in [0.717, 1.165) is 12.1 Å². The molecule has 1 rings (SSSR count). The third-order valence-corrected chi connectivity index (χ3v) is 2.04. The van der Waals surface area contributed by atoms with Crippen molar-refractivity contribution in [2.24, 2.45) is 0 Å². The Morgan fingerprint density at radius 2 is 2.00 bits per heavy atom. The number of halogens is 4. The summed E-state index contributed by atoms with van der Waals surface area (Å²) in [6.07, 6.45) is -4.47. The predicted molar refractivity (Wildman–Crippen MR) is 60.6 cm³/mol. The van der Waals surface area contributed by atoms with E-state index >= 15 is 0 Å². The van der Waals surface area contributed by atoms with Gasteiger partial charge in [0.2, 0.25) is 5.91 Å². The zero-order valence-electron chi connectivity index (χ0n) is 9.83. The average molecular weight is 295 g/mol. The summed E-state index contributed by atoms with van der Waals surface area (Å²) in [6.45, 7) is -2.06. The fourth-order valence-corrected chi connectivity index (χ4v) is 1.27. The molecule has 1 amide bonds. The summed E-state index contributed by atoms with van der Waals surface area (Å²) in [7, 11) is 0. The molecule has 0 aliphatic carbocycles. The van der Waals surface area contributed by atoms with Gasteiger partial charge >= 0.3 is 6.18 Å². The molecule has 0 saturated heterocycles. The largest absolute Gasteiger partial charge is 0.401 e. The third-order valence-electron chi connectivity index (χ3n) is 2.04. The molecule has 0 bridgehead atoms. The van der Waals surface area contributed by atoms with Crippen LogP contribution in [0.4, 0.5) is 28.9 Å². The number of nitro groups is 1. The van der Waals surface area contributed by atoms with Gasteiger partial charge in [-0.25, -0.2) is 4.39 Å². The molecule has 0 saturated carbocycles. The van der Waals surface area contributed by atoms with Gasteiger partial charge in [0.25, 0.3) is 5.69 Å². The Hall–Kier alpha value is -2.23. The first-order valence-corrected chi connectivity index (χ1v) is 5.20. The number of nitrogens with zero attached hydrogens (tertiary/aromatic N) is 1. The second-order valence-electron chi connectivity index (χ2n) is 3.69. The molecule has 2 N–H and O–H groups in total. The maximum absolute atomic E-state index is 12.8. The number of alkyl halides is 3. The van der Waals surface area contributed by atoms with E-state index in [9.17, 15) is 32.5 Å². The molecule has 1 aromatic carbocycles. The van der Waals surface area contributed by atoms with Crippen LogP contribution in [0.1, 0.15) is 0 Å². The Balaban J connectivity index is 2.64. The van der Waals surface area contributed by atoms with Gasteiger partial charge in [0.1, 0.15) is 11.5 Å². The van der Waals surface area contributed by atoms with Crippen molar-refractivity contribution in [1.82, 2.24) is 5.32 Å². The predicted octanol–water partition coefficient (Wildman–Crippen LogP) is 1.82. The molecule has 0 aliphatic rings. The van der Waals surface area contributed by atoms with Gasteiger partial charge in [0, 0.05) is 0 Å². The van der Waals surface area contributed by atoms with E-state index in [-0.39, 0.29) is 5.69 Å². The summed E-state index contributed by atoms with van der Waals surface area (Å²) in [4.78, 5) is 21.0. The Kier molecular flexibility index (Phi) is 4.97. The van der Waals surface area contributed by atoms with E-state index < -0.39 is 41.6 Å². The van der Waals surface area contributed by atoms with Crippen molar-refractivity contribution >= 4 is 17.3 Å². The second-order valence-corrected chi connectivity index (χ2v) is 3.69.